The fraction of sp³-hybridized carbons (Fsp3) is 0.364. The number of carbonyl (C=O) groups excluding carboxylic acids is 1. The van der Waals surface area contributed by atoms with Crippen molar-refractivity contribution < 1.29 is 22.7 Å². The summed E-state index contributed by atoms with van der Waals surface area (Å²) in [7, 11) is 0. The molecule has 3 atom stereocenters. The molecular weight excluding hydrogens is 413 g/mol. The van der Waals surface area contributed by atoms with Crippen LogP contribution in [-0.4, -0.2) is 23.7 Å². The van der Waals surface area contributed by atoms with Gasteiger partial charge in [0, 0.05) is 28.3 Å². The largest absolute Gasteiger partial charge is 0.475 e. The number of alkyl halides is 3. The standard InChI is InChI=1S/C22H21F3N2O2S/c1-13(19-8-9-21(30-19)29-12-22(23,24)25)26-20(28)11-15-10-16(15)18-7-6-14-4-2-3-5-17(14)27-18/h2-9,13,15-16H,10-12H2,1H3,(H,26,28)/t13-,15+,16-/m1/s1. The summed E-state index contributed by atoms with van der Waals surface area (Å²) in [6.45, 7) is 0.492. The van der Waals surface area contributed by atoms with Gasteiger partial charge in [0.2, 0.25) is 5.91 Å². The van der Waals surface area contributed by atoms with Crippen LogP contribution in [0, 0.1) is 5.92 Å². The normalized spacial score (nSPS) is 19.5. The molecular formula is C22H21F3N2O2S. The molecule has 0 aliphatic heterocycles. The molecule has 1 aliphatic carbocycles. The molecule has 1 aromatic carbocycles. The zero-order valence-corrected chi connectivity index (χ0v) is 17.1. The number of pyridine rings is 1. The maximum Gasteiger partial charge on any atom is 0.422 e. The molecule has 1 aliphatic rings. The number of para-hydroxylation sites is 1. The second-order valence-corrected chi connectivity index (χ2v) is 8.66. The van der Waals surface area contributed by atoms with Gasteiger partial charge in [0.25, 0.3) is 0 Å². The number of halogens is 3. The summed E-state index contributed by atoms with van der Waals surface area (Å²) in [5, 5.41) is 4.21. The van der Waals surface area contributed by atoms with Gasteiger partial charge in [-0.25, -0.2) is 0 Å². The fourth-order valence-corrected chi connectivity index (χ4v) is 4.39. The zero-order chi connectivity index (χ0) is 21.3. The minimum Gasteiger partial charge on any atom is -0.475 e. The van der Waals surface area contributed by atoms with Gasteiger partial charge < -0.3 is 10.1 Å². The van der Waals surface area contributed by atoms with E-state index in [0.29, 0.717) is 12.3 Å². The summed E-state index contributed by atoms with van der Waals surface area (Å²) in [5.74, 6) is 0.488. The molecule has 0 bridgehead atoms. The van der Waals surface area contributed by atoms with Crippen molar-refractivity contribution in [2.75, 3.05) is 6.61 Å². The highest BCUT2D eigenvalue weighted by atomic mass is 32.1. The first-order valence-electron chi connectivity index (χ1n) is 9.73. The minimum absolute atomic E-state index is 0.0676. The summed E-state index contributed by atoms with van der Waals surface area (Å²) in [6.07, 6.45) is -3.03. The van der Waals surface area contributed by atoms with Gasteiger partial charge >= 0.3 is 6.18 Å². The summed E-state index contributed by atoms with van der Waals surface area (Å²) in [5.41, 5.74) is 1.98. The van der Waals surface area contributed by atoms with Crippen molar-refractivity contribution in [3.63, 3.8) is 0 Å². The molecule has 4 nitrogen and oxygen atoms in total. The van der Waals surface area contributed by atoms with Crippen LogP contribution in [-0.2, 0) is 4.79 Å². The van der Waals surface area contributed by atoms with Crippen molar-refractivity contribution in [2.24, 2.45) is 5.92 Å². The highest BCUT2D eigenvalue weighted by molar-refractivity contribution is 7.13. The monoisotopic (exact) mass is 434 g/mol. The van der Waals surface area contributed by atoms with Gasteiger partial charge in [0.1, 0.15) is 0 Å². The number of hydrogen-bond acceptors (Lipinski definition) is 4. The van der Waals surface area contributed by atoms with Crippen molar-refractivity contribution in [2.45, 2.75) is 37.9 Å². The Labute approximate surface area is 176 Å². The quantitative estimate of drug-likeness (QED) is 0.526. The van der Waals surface area contributed by atoms with Gasteiger partial charge in [0.05, 0.1) is 11.6 Å². The molecule has 0 radical (unpaired) electrons. The number of amides is 1. The second-order valence-electron chi connectivity index (χ2n) is 7.59. The lowest BCUT2D eigenvalue weighted by Gasteiger charge is -2.12. The average Bonchev–Trinajstić information content (AvgIpc) is 3.28. The van der Waals surface area contributed by atoms with E-state index in [9.17, 15) is 18.0 Å². The minimum atomic E-state index is -4.37. The molecule has 1 amide bonds. The Morgan fingerprint density at radius 1 is 1.23 bits per heavy atom. The number of rotatable bonds is 7. The number of fused-ring (bicyclic) bond motifs is 1. The van der Waals surface area contributed by atoms with E-state index in [-0.39, 0.29) is 22.9 Å². The van der Waals surface area contributed by atoms with E-state index >= 15 is 0 Å². The van der Waals surface area contributed by atoms with Gasteiger partial charge in [-0.2, -0.15) is 13.2 Å². The number of carbonyl (C=O) groups is 1. The van der Waals surface area contributed by atoms with E-state index in [1.165, 1.54) is 6.07 Å². The van der Waals surface area contributed by atoms with Crippen LogP contribution in [0.3, 0.4) is 0 Å². The number of nitrogens with zero attached hydrogens (tertiary/aromatic N) is 1. The predicted molar refractivity (Wildman–Crippen MR) is 110 cm³/mol. The fourth-order valence-electron chi connectivity index (χ4n) is 3.53. The number of aromatic nitrogens is 1. The maximum absolute atomic E-state index is 12.4. The van der Waals surface area contributed by atoms with E-state index in [4.69, 9.17) is 9.72 Å². The summed E-state index contributed by atoms with van der Waals surface area (Å²) in [6, 6.07) is 14.9. The Bertz CT molecular complexity index is 1050. The lowest BCUT2D eigenvalue weighted by atomic mass is 10.1. The molecule has 3 aromatic rings. The lowest BCUT2D eigenvalue weighted by molar-refractivity contribution is -0.152. The first kappa shape index (κ1) is 20.7. The molecule has 1 fully saturated rings. The Hall–Kier alpha value is -2.61. The van der Waals surface area contributed by atoms with E-state index in [0.717, 1.165) is 39.2 Å². The molecule has 30 heavy (non-hydrogen) atoms. The van der Waals surface area contributed by atoms with Crippen LogP contribution in [0.4, 0.5) is 13.2 Å². The summed E-state index contributed by atoms with van der Waals surface area (Å²) < 4.78 is 41.5. The van der Waals surface area contributed by atoms with Crippen molar-refractivity contribution >= 4 is 28.1 Å². The van der Waals surface area contributed by atoms with E-state index in [1.54, 1.807) is 6.07 Å². The van der Waals surface area contributed by atoms with Crippen molar-refractivity contribution in [3.05, 3.63) is 59.1 Å². The van der Waals surface area contributed by atoms with Gasteiger partial charge in [-0.15, -0.1) is 11.3 Å². The van der Waals surface area contributed by atoms with Crippen LogP contribution in [0.2, 0.25) is 0 Å². The van der Waals surface area contributed by atoms with E-state index in [2.05, 4.69) is 11.4 Å². The molecule has 2 aromatic heterocycles. The number of nitrogens with one attached hydrogen (secondary N) is 1. The van der Waals surface area contributed by atoms with Gasteiger partial charge in [-0.3, -0.25) is 9.78 Å². The first-order valence-corrected chi connectivity index (χ1v) is 10.5. The van der Waals surface area contributed by atoms with Crippen LogP contribution in [0.15, 0.2) is 48.5 Å². The third kappa shape index (κ3) is 5.11. The number of ether oxygens (including phenoxy) is 1. The number of benzene rings is 1. The zero-order valence-electron chi connectivity index (χ0n) is 16.3. The van der Waals surface area contributed by atoms with Crippen molar-refractivity contribution in [1.29, 1.82) is 0 Å². The summed E-state index contributed by atoms with van der Waals surface area (Å²) in [4.78, 5) is 17.9. The topological polar surface area (TPSA) is 51.2 Å². The van der Waals surface area contributed by atoms with Crippen LogP contribution < -0.4 is 10.1 Å². The smallest absolute Gasteiger partial charge is 0.422 e. The van der Waals surface area contributed by atoms with Crippen LogP contribution in [0.25, 0.3) is 10.9 Å². The van der Waals surface area contributed by atoms with E-state index < -0.39 is 12.8 Å². The van der Waals surface area contributed by atoms with E-state index in [1.807, 2.05) is 37.3 Å². The average molecular weight is 434 g/mol. The van der Waals surface area contributed by atoms with Gasteiger partial charge in [0.15, 0.2) is 11.7 Å². The Kier molecular flexibility index (Phi) is 5.69. The molecule has 4 rings (SSSR count). The molecule has 8 heteroatoms. The molecule has 1 saturated carbocycles. The predicted octanol–water partition coefficient (Wildman–Crippen LogP) is 5.61. The van der Waals surface area contributed by atoms with Crippen LogP contribution in [0.1, 0.15) is 42.3 Å². The highest BCUT2D eigenvalue weighted by Gasteiger charge is 2.40. The molecule has 0 unspecified atom stereocenters. The second kappa shape index (κ2) is 8.26. The Morgan fingerprint density at radius 2 is 2.03 bits per heavy atom. The highest BCUT2D eigenvalue weighted by Crippen LogP contribution is 2.49. The van der Waals surface area contributed by atoms with Crippen LogP contribution in [0.5, 0.6) is 5.06 Å². The van der Waals surface area contributed by atoms with Gasteiger partial charge in [-0.1, -0.05) is 24.3 Å². The van der Waals surface area contributed by atoms with Crippen molar-refractivity contribution in [3.8, 4) is 5.06 Å². The molecule has 1 N–H and O–H groups in total. The SMILES string of the molecule is C[C@@H](NC(=O)C[C@@H]1C[C@H]1c1ccc2ccccc2n1)c1ccc(OCC(F)(F)F)s1. The maximum atomic E-state index is 12.4. The summed E-state index contributed by atoms with van der Waals surface area (Å²) >= 11 is 1.11. The molecule has 0 spiro atoms. The molecule has 0 saturated heterocycles. The lowest BCUT2D eigenvalue weighted by Crippen LogP contribution is -2.26. The molecule has 2 heterocycles. The first-order chi connectivity index (χ1) is 14.3. The number of thiophene rings is 1. The third-order valence-electron chi connectivity index (χ3n) is 5.15. The Balaban J connectivity index is 1.28. The van der Waals surface area contributed by atoms with Crippen molar-refractivity contribution in [1.82, 2.24) is 10.3 Å². The third-order valence-corrected chi connectivity index (χ3v) is 6.33. The number of hydrogen-bond donors (Lipinski definition) is 1. The Morgan fingerprint density at radius 3 is 2.83 bits per heavy atom. The van der Waals surface area contributed by atoms with Gasteiger partial charge in [-0.05, 0) is 43.5 Å². The molecule has 158 valence electrons. The van der Waals surface area contributed by atoms with Crippen LogP contribution >= 0.6 is 11.3 Å².